The third-order valence-corrected chi connectivity index (χ3v) is 5.02. The lowest BCUT2D eigenvalue weighted by Crippen LogP contribution is -2.29. The predicted molar refractivity (Wildman–Crippen MR) is 90.5 cm³/mol. The van der Waals surface area contributed by atoms with Gasteiger partial charge in [0, 0.05) is 11.6 Å². The van der Waals surface area contributed by atoms with E-state index in [2.05, 4.69) is 17.5 Å². The van der Waals surface area contributed by atoms with E-state index in [1.54, 1.807) is 18.2 Å². The molecule has 122 valence electrons. The summed E-state index contributed by atoms with van der Waals surface area (Å²) in [5, 5.41) is 3.55. The topological polar surface area (TPSA) is 38.3 Å². The quantitative estimate of drug-likeness (QED) is 0.656. The molecule has 1 N–H and O–H groups in total. The second-order valence-corrected chi connectivity index (χ2v) is 6.32. The van der Waals surface area contributed by atoms with Gasteiger partial charge in [-0.2, -0.15) is 0 Å². The third kappa shape index (κ3) is 2.39. The molecule has 0 fully saturated rings. The van der Waals surface area contributed by atoms with Crippen molar-refractivity contribution in [1.82, 2.24) is 0 Å². The van der Waals surface area contributed by atoms with Gasteiger partial charge < -0.3 is 10.1 Å². The Morgan fingerprint density at radius 3 is 2.75 bits per heavy atom. The fourth-order valence-electron chi connectivity index (χ4n) is 3.84. The zero-order chi connectivity index (χ0) is 16.7. The number of carbonyl (C=O) groups is 1. The molecule has 4 heteroatoms. The number of fused-ring (bicyclic) bond motifs is 3. The SMILES string of the molecule is COC(=O)c1ccc([C@H]2Nc3ccc(F)cc3C3C=CCC32)cc1. The van der Waals surface area contributed by atoms with E-state index >= 15 is 0 Å². The van der Waals surface area contributed by atoms with Gasteiger partial charge >= 0.3 is 5.97 Å². The van der Waals surface area contributed by atoms with Crippen molar-refractivity contribution >= 4 is 11.7 Å². The Morgan fingerprint density at radius 2 is 2.00 bits per heavy atom. The molecule has 0 radical (unpaired) electrons. The average molecular weight is 323 g/mol. The highest BCUT2D eigenvalue weighted by atomic mass is 19.1. The minimum absolute atomic E-state index is 0.134. The van der Waals surface area contributed by atoms with Crippen molar-refractivity contribution < 1.29 is 13.9 Å². The van der Waals surface area contributed by atoms with Gasteiger partial charge in [-0.15, -0.1) is 0 Å². The number of esters is 1. The number of hydrogen-bond acceptors (Lipinski definition) is 3. The standard InChI is InChI=1S/C20H18FNO2/c1-24-20(23)13-7-5-12(6-8-13)19-16-4-2-3-15(16)17-11-14(21)9-10-18(17)22-19/h2-3,5-11,15-16,19,22H,4H2,1H3/t15?,16?,19-/m1/s1. The highest BCUT2D eigenvalue weighted by Crippen LogP contribution is 2.49. The Kier molecular flexibility index (Phi) is 3.60. The number of methoxy groups -OCH3 is 1. The van der Waals surface area contributed by atoms with Crippen molar-refractivity contribution in [3.05, 3.63) is 77.1 Å². The number of anilines is 1. The number of rotatable bonds is 2. The molecule has 4 rings (SSSR count). The third-order valence-electron chi connectivity index (χ3n) is 5.02. The van der Waals surface area contributed by atoms with Crippen LogP contribution in [0.25, 0.3) is 0 Å². The fourth-order valence-corrected chi connectivity index (χ4v) is 3.84. The van der Waals surface area contributed by atoms with Crippen molar-refractivity contribution in [2.45, 2.75) is 18.4 Å². The van der Waals surface area contributed by atoms with Crippen molar-refractivity contribution in [2.75, 3.05) is 12.4 Å². The van der Waals surface area contributed by atoms with Crippen LogP contribution in [-0.2, 0) is 4.74 Å². The first kappa shape index (κ1) is 14.9. The minimum Gasteiger partial charge on any atom is -0.465 e. The first-order valence-electron chi connectivity index (χ1n) is 8.08. The Morgan fingerprint density at radius 1 is 1.21 bits per heavy atom. The van der Waals surface area contributed by atoms with Crippen molar-refractivity contribution in [3.63, 3.8) is 0 Å². The summed E-state index contributed by atoms with van der Waals surface area (Å²) in [7, 11) is 1.38. The summed E-state index contributed by atoms with van der Waals surface area (Å²) in [5.41, 5.74) is 3.67. The van der Waals surface area contributed by atoms with Crippen LogP contribution in [-0.4, -0.2) is 13.1 Å². The number of halogens is 1. The highest BCUT2D eigenvalue weighted by Gasteiger charge is 2.37. The molecule has 1 aliphatic heterocycles. The van der Waals surface area contributed by atoms with Crippen LogP contribution in [0.3, 0.4) is 0 Å². The number of nitrogens with one attached hydrogen (secondary N) is 1. The van der Waals surface area contributed by atoms with Gasteiger partial charge in [-0.25, -0.2) is 9.18 Å². The predicted octanol–water partition coefficient (Wildman–Crippen LogP) is 4.44. The molecule has 0 saturated heterocycles. The monoisotopic (exact) mass is 323 g/mol. The van der Waals surface area contributed by atoms with E-state index in [9.17, 15) is 9.18 Å². The van der Waals surface area contributed by atoms with E-state index in [0.29, 0.717) is 11.5 Å². The molecule has 2 aliphatic rings. The van der Waals surface area contributed by atoms with Gasteiger partial charge in [-0.1, -0.05) is 24.3 Å². The Labute approximate surface area is 140 Å². The second kappa shape index (κ2) is 5.78. The van der Waals surface area contributed by atoms with Gasteiger partial charge in [-0.05, 0) is 53.8 Å². The van der Waals surface area contributed by atoms with Crippen LogP contribution in [0.5, 0.6) is 0 Å². The lowest BCUT2D eigenvalue weighted by molar-refractivity contribution is 0.0600. The first-order chi connectivity index (χ1) is 11.7. The molecule has 3 atom stereocenters. The van der Waals surface area contributed by atoms with Gasteiger partial charge in [0.1, 0.15) is 5.82 Å². The molecule has 0 saturated carbocycles. The Hall–Kier alpha value is -2.62. The van der Waals surface area contributed by atoms with Crippen LogP contribution >= 0.6 is 0 Å². The maximum absolute atomic E-state index is 13.6. The molecule has 0 spiro atoms. The molecule has 0 bridgehead atoms. The summed E-state index contributed by atoms with van der Waals surface area (Å²) in [6.45, 7) is 0. The molecule has 24 heavy (non-hydrogen) atoms. The molecule has 0 aromatic heterocycles. The van der Waals surface area contributed by atoms with E-state index in [1.165, 1.54) is 13.2 Å². The largest absolute Gasteiger partial charge is 0.465 e. The van der Waals surface area contributed by atoms with Gasteiger partial charge in [0.25, 0.3) is 0 Å². The van der Waals surface area contributed by atoms with Gasteiger partial charge in [0.15, 0.2) is 0 Å². The van der Waals surface area contributed by atoms with Crippen LogP contribution in [0.15, 0.2) is 54.6 Å². The molecule has 2 aromatic carbocycles. The van der Waals surface area contributed by atoms with Crippen molar-refractivity contribution in [3.8, 4) is 0 Å². The number of ether oxygens (including phenoxy) is 1. The Balaban J connectivity index is 1.69. The fraction of sp³-hybridized carbons (Fsp3) is 0.250. The summed E-state index contributed by atoms with van der Waals surface area (Å²) >= 11 is 0. The molecule has 3 nitrogen and oxygen atoms in total. The van der Waals surface area contributed by atoms with Crippen LogP contribution in [0.4, 0.5) is 10.1 Å². The summed E-state index contributed by atoms with van der Waals surface area (Å²) in [6, 6.07) is 12.6. The molecule has 0 amide bonds. The zero-order valence-electron chi connectivity index (χ0n) is 13.3. The van der Waals surface area contributed by atoms with E-state index in [4.69, 9.17) is 4.74 Å². The lowest BCUT2D eigenvalue weighted by Gasteiger charge is -2.37. The van der Waals surface area contributed by atoms with Crippen LogP contribution in [0, 0.1) is 11.7 Å². The molecular weight excluding hydrogens is 305 g/mol. The summed E-state index contributed by atoms with van der Waals surface area (Å²) in [6.07, 6.45) is 5.31. The number of carbonyl (C=O) groups excluding carboxylic acids is 1. The minimum atomic E-state index is -0.334. The smallest absolute Gasteiger partial charge is 0.337 e. The lowest BCUT2D eigenvalue weighted by atomic mass is 9.77. The normalized spacial score (nSPS) is 24.0. The maximum atomic E-state index is 13.6. The number of allylic oxidation sites excluding steroid dienone is 2. The molecular formula is C20H18FNO2. The van der Waals surface area contributed by atoms with Gasteiger partial charge in [-0.3, -0.25) is 0 Å². The van der Waals surface area contributed by atoms with Crippen molar-refractivity contribution in [1.29, 1.82) is 0 Å². The summed E-state index contributed by atoms with van der Waals surface area (Å²) in [4.78, 5) is 11.6. The van der Waals surface area contributed by atoms with E-state index in [0.717, 1.165) is 23.2 Å². The summed E-state index contributed by atoms with van der Waals surface area (Å²) < 4.78 is 18.4. The van der Waals surface area contributed by atoms with Gasteiger partial charge in [0.05, 0.1) is 18.7 Å². The van der Waals surface area contributed by atoms with Crippen LogP contribution < -0.4 is 5.32 Å². The molecule has 2 unspecified atom stereocenters. The molecule has 1 heterocycles. The van der Waals surface area contributed by atoms with Crippen LogP contribution in [0.1, 0.15) is 39.9 Å². The summed E-state index contributed by atoms with van der Waals surface area (Å²) in [5.74, 6) is 0.0420. The van der Waals surface area contributed by atoms with Crippen molar-refractivity contribution in [2.24, 2.45) is 5.92 Å². The second-order valence-electron chi connectivity index (χ2n) is 6.32. The average Bonchev–Trinajstić information content (AvgIpc) is 3.11. The Bertz CT molecular complexity index is 813. The molecule has 2 aromatic rings. The number of hydrogen-bond donors (Lipinski definition) is 1. The maximum Gasteiger partial charge on any atom is 0.337 e. The molecule has 1 aliphatic carbocycles. The highest BCUT2D eigenvalue weighted by molar-refractivity contribution is 5.89. The van der Waals surface area contributed by atoms with E-state index < -0.39 is 0 Å². The van der Waals surface area contributed by atoms with E-state index in [-0.39, 0.29) is 23.7 Å². The number of benzene rings is 2. The first-order valence-corrected chi connectivity index (χ1v) is 8.08. The van der Waals surface area contributed by atoms with Crippen LogP contribution in [0.2, 0.25) is 0 Å². The zero-order valence-corrected chi connectivity index (χ0v) is 13.3. The van der Waals surface area contributed by atoms with E-state index in [1.807, 2.05) is 18.2 Å². The van der Waals surface area contributed by atoms with Gasteiger partial charge in [0.2, 0.25) is 0 Å².